The van der Waals surface area contributed by atoms with Gasteiger partial charge in [-0.1, -0.05) is 0 Å². The second-order valence-corrected chi connectivity index (χ2v) is 10.6. The van der Waals surface area contributed by atoms with Crippen molar-refractivity contribution in [1.82, 2.24) is 0 Å². The van der Waals surface area contributed by atoms with E-state index in [-0.39, 0.29) is 0 Å². The fourth-order valence-corrected chi connectivity index (χ4v) is 6.00. The molecule has 3 rings (SSSR count). The van der Waals surface area contributed by atoms with Crippen LogP contribution in [0.3, 0.4) is 0 Å². The molecule has 2 atom stereocenters. The van der Waals surface area contributed by atoms with E-state index in [4.69, 9.17) is 0 Å². The van der Waals surface area contributed by atoms with Crippen molar-refractivity contribution in [2.24, 2.45) is 11.8 Å². The Morgan fingerprint density at radius 1 is 1.11 bits per heavy atom. The van der Waals surface area contributed by atoms with Crippen molar-refractivity contribution in [3.8, 4) is 5.75 Å². The minimum absolute atomic E-state index is 0.354. The molecule has 1 aliphatic carbocycles. The van der Waals surface area contributed by atoms with Crippen LogP contribution in [-0.4, -0.2) is 20.1 Å². The molecule has 144 valence electrons. The molecule has 0 bridgehead atoms. The molecule has 0 aromatic heterocycles. The molecule has 0 amide bonds. The third-order valence-corrected chi connectivity index (χ3v) is 8.03. The standard InChI is InChI=1S/C25H32OSe/c1-18(2)22-13-11-19(3)16-23(22)24-17-20(12-14-25(24)26)8-7-15-27-21-9-5-4-6-10-21/h4-6,9-10,12,14,16-18,22-23,26H,7-8,11,13,15H2,1-3H3/t22-,23+/m0/s1. The fraction of sp³-hybridized carbons (Fsp3) is 0.440. The number of aryl methyl sites for hydroxylation is 1. The van der Waals surface area contributed by atoms with Crippen LogP contribution in [0.15, 0.2) is 60.2 Å². The van der Waals surface area contributed by atoms with Crippen molar-refractivity contribution < 1.29 is 5.11 Å². The van der Waals surface area contributed by atoms with Crippen LogP contribution in [0.2, 0.25) is 5.32 Å². The van der Waals surface area contributed by atoms with Crippen molar-refractivity contribution in [3.05, 3.63) is 71.3 Å². The zero-order valence-electron chi connectivity index (χ0n) is 16.8. The van der Waals surface area contributed by atoms with Gasteiger partial charge < -0.3 is 0 Å². The van der Waals surface area contributed by atoms with E-state index in [1.165, 1.54) is 40.2 Å². The molecule has 2 heteroatoms. The summed E-state index contributed by atoms with van der Waals surface area (Å²) in [7, 11) is 0. The van der Waals surface area contributed by atoms with E-state index in [2.05, 4.69) is 69.3 Å². The van der Waals surface area contributed by atoms with Gasteiger partial charge in [0, 0.05) is 0 Å². The average Bonchev–Trinajstić information content (AvgIpc) is 2.67. The van der Waals surface area contributed by atoms with Gasteiger partial charge in [-0.3, -0.25) is 0 Å². The molecule has 1 nitrogen and oxygen atoms in total. The summed E-state index contributed by atoms with van der Waals surface area (Å²) in [4.78, 5) is 0. The molecule has 0 saturated carbocycles. The van der Waals surface area contributed by atoms with E-state index < -0.39 is 0 Å². The zero-order chi connectivity index (χ0) is 19.2. The number of phenols is 1. The number of benzene rings is 2. The Balaban J connectivity index is 1.67. The van der Waals surface area contributed by atoms with Gasteiger partial charge in [-0.2, -0.15) is 0 Å². The molecule has 0 fully saturated rings. The van der Waals surface area contributed by atoms with Gasteiger partial charge in [0.25, 0.3) is 0 Å². The summed E-state index contributed by atoms with van der Waals surface area (Å²) in [6, 6.07) is 17.1. The summed E-state index contributed by atoms with van der Waals surface area (Å²) in [5, 5.41) is 11.8. The molecule has 0 saturated heterocycles. The van der Waals surface area contributed by atoms with E-state index in [0.717, 1.165) is 12.0 Å². The van der Waals surface area contributed by atoms with Crippen LogP contribution in [0.25, 0.3) is 0 Å². The van der Waals surface area contributed by atoms with Crippen molar-refractivity contribution in [1.29, 1.82) is 0 Å². The first kappa shape index (κ1) is 20.2. The van der Waals surface area contributed by atoms with Gasteiger partial charge in [0.2, 0.25) is 0 Å². The molecule has 1 aliphatic rings. The average molecular weight is 427 g/mol. The van der Waals surface area contributed by atoms with Crippen LogP contribution in [0.1, 0.15) is 57.1 Å². The molecular weight excluding hydrogens is 395 g/mol. The third kappa shape index (κ3) is 5.50. The number of allylic oxidation sites excluding steroid dienone is 2. The Kier molecular flexibility index (Phi) is 7.21. The van der Waals surface area contributed by atoms with Gasteiger partial charge in [0.05, 0.1) is 0 Å². The number of hydrogen-bond donors (Lipinski definition) is 1. The predicted octanol–water partition coefficient (Wildman–Crippen LogP) is 5.87. The third-order valence-electron chi connectivity index (χ3n) is 5.73. The molecular formula is C25H32OSe. The summed E-state index contributed by atoms with van der Waals surface area (Å²) in [5.41, 5.74) is 3.97. The molecule has 0 spiro atoms. The first-order chi connectivity index (χ1) is 13.0. The van der Waals surface area contributed by atoms with Gasteiger partial charge >= 0.3 is 171 Å². The number of rotatable bonds is 7. The number of phenolic OH excluding ortho intramolecular Hbond substituents is 1. The van der Waals surface area contributed by atoms with Crippen molar-refractivity contribution in [3.63, 3.8) is 0 Å². The summed E-state index contributed by atoms with van der Waals surface area (Å²) in [6.45, 7) is 6.87. The summed E-state index contributed by atoms with van der Waals surface area (Å²) in [5.74, 6) is 2.08. The first-order valence-corrected chi connectivity index (χ1v) is 12.3. The maximum atomic E-state index is 10.6. The van der Waals surface area contributed by atoms with Gasteiger partial charge in [-0.05, 0) is 0 Å². The summed E-state index contributed by atoms with van der Waals surface area (Å²) in [6.07, 6.45) is 7.15. The Bertz CT molecular complexity index is 763. The maximum absolute atomic E-state index is 10.6. The van der Waals surface area contributed by atoms with E-state index in [1.54, 1.807) is 0 Å². The summed E-state index contributed by atoms with van der Waals surface area (Å²) < 4.78 is 1.49. The molecule has 0 radical (unpaired) electrons. The monoisotopic (exact) mass is 428 g/mol. The van der Waals surface area contributed by atoms with E-state index >= 15 is 0 Å². The Morgan fingerprint density at radius 3 is 2.63 bits per heavy atom. The SMILES string of the molecule is CC1=C[C@@H](c2cc(CCC[Se]c3ccccc3)ccc2O)[C@H](C(C)C)CC1. The quantitative estimate of drug-likeness (QED) is 0.333. The molecule has 27 heavy (non-hydrogen) atoms. The van der Waals surface area contributed by atoms with Crippen LogP contribution in [0.4, 0.5) is 0 Å². The predicted molar refractivity (Wildman–Crippen MR) is 117 cm³/mol. The van der Waals surface area contributed by atoms with Crippen LogP contribution < -0.4 is 4.46 Å². The van der Waals surface area contributed by atoms with E-state index in [9.17, 15) is 5.11 Å². The van der Waals surface area contributed by atoms with Gasteiger partial charge in [0.15, 0.2) is 0 Å². The van der Waals surface area contributed by atoms with Crippen LogP contribution in [0, 0.1) is 11.8 Å². The topological polar surface area (TPSA) is 20.2 Å². The van der Waals surface area contributed by atoms with Crippen molar-refractivity contribution >= 4 is 19.4 Å². The molecule has 0 unspecified atom stereocenters. The van der Waals surface area contributed by atoms with Crippen LogP contribution in [-0.2, 0) is 6.42 Å². The van der Waals surface area contributed by atoms with Crippen LogP contribution >= 0.6 is 0 Å². The molecule has 2 aromatic rings. The van der Waals surface area contributed by atoms with Gasteiger partial charge in [0.1, 0.15) is 0 Å². The number of hydrogen-bond acceptors (Lipinski definition) is 1. The first-order valence-electron chi connectivity index (χ1n) is 10.2. The van der Waals surface area contributed by atoms with E-state index in [0.29, 0.717) is 38.5 Å². The van der Waals surface area contributed by atoms with Crippen molar-refractivity contribution in [2.45, 2.75) is 57.7 Å². The molecule has 1 N–H and O–H groups in total. The molecule has 2 aromatic carbocycles. The molecule has 0 aliphatic heterocycles. The Labute approximate surface area is 171 Å². The minimum atomic E-state index is 0.354. The van der Waals surface area contributed by atoms with Gasteiger partial charge in [-0.25, -0.2) is 0 Å². The normalized spacial score (nSPS) is 19.9. The summed E-state index contributed by atoms with van der Waals surface area (Å²) >= 11 is 0.562. The molecule has 0 heterocycles. The Hall–Kier alpha value is -1.50. The fourth-order valence-electron chi connectivity index (χ4n) is 4.17. The van der Waals surface area contributed by atoms with E-state index in [1.807, 2.05) is 6.07 Å². The van der Waals surface area contributed by atoms with Crippen LogP contribution in [0.5, 0.6) is 5.75 Å². The van der Waals surface area contributed by atoms with Gasteiger partial charge in [-0.15, -0.1) is 0 Å². The van der Waals surface area contributed by atoms with Crippen molar-refractivity contribution in [2.75, 3.05) is 0 Å². The zero-order valence-corrected chi connectivity index (χ0v) is 18.5. The second kappa shape index (κ2) is 9.62. The number of aromatic hydroxyl groups is 1. The Morgan fingerprint density at radius 2 is 1.89 bits per heavy atom. The second-order valence-electron chi connectivity index (χ2n) is 8.14.